The fourth-order valence-corrected chi connectivity index (χ4v) is 0. The van der Waals surface area contributed by atoms with E-state index in [1.54, 1.807) is 0 Å². The molecule has 0 heterocycles. The molecule has 0 aliphatic heterocycles. The van der Waals surface area contributed by atoms with Crippen LogP contribution in [-0.2, 0) is 76.2 Å². The van der Waals surface area contributed by atoms with Gasteiger partial charge in [0.2, 0.25) is 0 Å². The molecule has 0 atom stereocenters. The van der Waals surface area contributed by atoms with Gasteiger partial charge in [-0.05, 0) is 0 Å². The molecule has 81 valence electrons. The zero-order chi connectivity index (χ0) is 9.00. The molecule has 0 rings (SSSR count). The molecule has 0 aliphatic carbocycles. The van der Waals surface area contributed by atoms with Crippen molar-refractivity contribution in [3.05, 3.63) is 0 Å². The van der Waals surface area contributed by atoms with Crippen LogP contribution in [-0.4, -0.2) is 0 Å². The van der Waals surface area contributed by atoms with Crippen molar-refractivity contribution in [2.45, 2.75) is 0 Å². The Kier molecular flexibility index (Phi) is 16.8. The fourth-order valence-electron chi connectivity index (χ4n) is 0. The third kappa shape index (κ3) is 911. The molecule has 0 N–H and O–H groups in total. The zero-order valence-corrected chi connectivity index (χ0v) is 9.08. The molecule has 0 unspecified atom stereocenters. The Morgan fingerprint density at radius 2 is 0.667 bits per heavy atom. The van der Waals surface area contributed by atoms with Gasteiger partial charge in [0.15, 0.2) is 0 Å². The molecule has 0 aliphatic rings. The Morgan fingerprint density at radius 1 is 0.667 bits per heavy atom. The van der Waals surface area contributed by atoms with E-state index in [9.17, 15) is 0 Å². The summed E-state index contributed by atoms with van der Waals surface area (Å²) in [4.78, 5) is 0. The quantitative estimate of drug-likeness (QED) is 0.389. The minimum atomic E-state index is -5.62. The molecule has 0 fully saturated rings. The number of hydrogen-bond donors (Lipinski definition) is 0. The maximum absolute atomic E-state index is 8.58. The normalized spacial score (nSPS) is 9.67. The second kappa shape index (κ2) is 8.70. The second-order valence-corrected chi connectivity index (χ2v) is 3.12. The Hall–Kier alpha value is 1.12. The Bertz CT molecular complexity index is 213. The van der Waals surface area contributed by atoms with Crippen molar-refractivity contribution in [3.8, 4) is 0 Å². The molecule has 0 spiro atoms. The summed E-state index contributed by atoms with van der Waals surface area (Å²) >= 11 is -11.2. The Morgan fingerprint density at radius 3 is 0.667 bits per heavy atom. The van der Waals surface area contributed by atoms with Crippen LogP contribution in [0.3, 0.4) is 0 Å². The van der Waals surface area contributed by atoms with Crippen molar-refractivity contribution >= 4 is 0 Å². The Labute approximate surface area is 92.5 Å². The molecule has 0 amide bonds. The summed E-state index contributed by atoms with van der Waals surface area (Å²) in [5, 5.41) is 0. The monoisotopic (exact) mass is 357 g/mol. The van der Waals surface area contributed by atoms with Crippen LogP contribution >= 0.6 is 0 Å². The van der Waals surface area contributed by atoms with Gasteiger partial charge in [-0.2, -0.15) is 0 Å². The molecule has 0 saturated carbocycles. The van der Waals surface area contributed by atoms with E-state index in [1.807, 2.05) is 0 Å². The van der Waals surface area contributed by atoms with Gasteiger partial charge in [0, 0.05) is 0 Å². The summed E-state index contributed by atoms with van der Waals surface area (Å²) in [5.41, 5.74) is 0. The first kappa shape index (κ1) is 23.2. The first-order valence-electron chi connectivity index (χ1n) is 1.23. The van der Waals surface area contributed by atoms with E-state index >= 15 is 0 Å². The van der Waals surface area contributed by atoms with Crippen LogP contribution < -0.4 is 16.8 Å². The molecule has 0 aromatic carbocycles. The van der Waals surface area contributed by atoms with Crippen LogP contribution in [0.1, 0.15) is 0 Å². The summed E-state index contributed by atoms with van der Waals surface area (Å²) in [6.07, 6.45) is 0. The van der Waals surface area contributed by atoms with Gasteiger partial charge in [0.05, 0.1) is 0 Å². The minimum absolute atomic E-state index is 0. The van der Waals surface area contributed by atoms with E-state index in [1.165, 1.54) is 0 Å². The van der Waals surface area contributed by atoms with Crippen molar-refractivity contribution in [1.29, 1.82) is 0 Å². The molecule has 8 nitrogen and oxygen atoms in total. The Balaban J connectivity index is -0.0000000457. The summed E-state index contributed by atoms with van der Waals surface area (Å²) in [5.74, 6) is 0. The standard InChI is InChI=1S/Cu.Fe.2Mn.8O/q2*+2;;;;;;;4*-1. The van der Waals surface area contributed by atoms with Crippen molar-refractivity contribution in [2.24, 2.45) is 0 Å². The molecule has 12 heavy (non-hydrogen) atoms. The van der Waals surface area contributed by atoms with Gasteiger partial charge in [0.1, 0.15) is 0 Å². The van der Waals surface area contributed by atoms with Crippen LogP contribution in [0.2, 0.25) is 0 Å². The third-order valence-corrected chi connectivity index (χ3v) is 0. The van der Waals surface area contributed by atoms with Crippen LogP contribution in [0, 0.1) is 0 Å². The van der Waals surface area contributed by atoms with Gasteiger partial charge in [-0.1, -0.05) is 0 Å². The van der Waals surface area contributed by atoms with Gasteiger partial charge in [-0.3, -0.25) is 0 Å². The van der Waals surface area contributed by atoms with Crippen molar-refractivity contribution < 1.29 is 93.0 Å². The van der Waals surface area contributed by atoms with E-state index in [-0.39, 0.29) is 34.1 Å². The van der Waals surface area contributed by atoms with Gasteiger partial charge in [-0.25, -0.2) is 0 Å². The van der Waals surface area contributed by atoms with Crippen LogP contribution in [0.25, 0.3) is 0 Å². The number of rotatable bonds is 0. The van der Waals surface area contributed by atoms with Crippen LogP contribution in [0.15, 0.2) is 0 Å². The molecule has 1 radical (unpaired) electrons. The molecule has 0 saturated heterocycles. The van der Waals surface area contributed by atoms with E-state index in [2.05, 4.69) is 0 Å². The van der Waals surface area contributed by atoms with Crippen molar-refractivity contribution in [3.63, 3.8) is 0 Å². The predicted molar refractivity (Wildman–Crippen MR) is 2.75 cm³/mol. The van der Waals surface area contributed by atoms with Gasteiger partial charge >= 0.3 is 93.0 Å². The molecular weight excluding hydrogens is 357 g/mol. The van der Waals surface area contributed by atoms with E-state index < -0.39 is 26.7 Å². The SMILES string of the molecule is [Cu+2].[Fe+2].[O]=[Mn](=[O])([O-])[O-].[O]=[Mn](=[O])([O-])[O-]. The first-order chi connectivity index (χ1) is 4.00. The molecule has 0 aromatic rings. The fraction of sp³-hybridized carbons (Fsp3) is 0. The van der Waals surface area contributed by atoms with E-state index in [4.69, 9.17) is 32.1 Å². The van der Waals surface area contributed by atoms with Gasteiger partial charge < -0.3 is 0 Å². The van der Waals surface area contributed by atoms with Crippen molar-refractivity contribution in [1.82, 2.24) is 0 Å². The zero-order valence-electron chi connectivity index (χ0n) is 4.68. The predicted octanol–water partition coefficient (Wildman–Crippen LogP) is -5.24. The van der Waals surface area contributed by atoms with E-state index in [0.717, 1.165) is 0 Å². The first-order valence-corrected chi connectivity index (χ1v) is 5.09. The van der Waals surface area contributed by atoms with Crippen LogP contribution in [0.5, 0.6) is 0 Å². The third-order valence-electron chi connectivity index (χ3n) is 0. The second-order valence-electron chi connectivity index (χ2n) is 0.756. The molecular formula is CuFeMn2O8. The topological polar surface area (TPSA) is 161 Å². The van der Waals surface area contributed by atoms with Crippen molar-refractivity contribution in [2.75, 3.05) is 0 Å². The summed E-state index contributed by atoms with van der Waals surface area (Å²) in [6.45, 7) is 0. The van der Waals surface area contributed by atoms with Crippen LogP contribution in [0.4, 0.5) is 0 Å². The summed E-state index contributed by atoms with van der Waals surface area (Å²) < 4.78 is 68.6. The van der Waals surface area contributed by atoms with Gasteiger partial charge in [-0.15, -0.1) is 0 Å². The summed E-state index contributed by atoms with van der Waals surface area (Å²) in [6, 6.07) is 0. The molecule has 0 bridgehead atoms. The molecule has 0 aromatic heterocycles. The summed E-state index contributed by atoms with van der Waals surface area (Å²) in [7, 11) is 0. The number of hydrogen-bond acceptors (Lipinski definition) is 8. The van der Waals surface area contributed by atoms with Gasteiger partial charge in [0.25, 0.3) is 0 Å². The van der Waals surface area contributed by atoms with E-state index in [0.29, 0.717) is 0 Å². The maximum atomic E-state index is 8.58. The molecule has 12 heteroatoms. The average molecular weight is 357 g/mol. The average Bonchev–Trinajstić information content (AvgIpc) is 1.12.